The lowest BCUT2D eigenvalue weighted by atomic mass is 10.2. The molecule has 28 heavy (non-hydrogen) atoms. The number of carboxylic acid groups (broad SMARTS) is 1. The van der Waals surface area contributed by atoms with Gasteiger partial charge in [-0.2, -0.15) is 0 Å². The molecule has 2 aromatic carbocycles. The van der Waals surface area contributed by atoms with E-state index in [1.54, 1.807) is 12.1 Å². The van der Waals surface area contributed by atoms with Crippen LogP contribution in [0.15, 0.2) is 36.7 Å². The van der Waals surface area contributed by atoms with Gasteiger partial charge in [0.1, 0.15) is 18.0 Å². The first-order chi connectivity index (χ1) is 13.5. The zero-order valence-corrected chi connectivity index (χ0v) is 16.2. The number of carboxylic acids is 1. The molecule has 0 amide bonds. The largest absolute Gasteiger partial charge is 0.493 e. The lowest BCUT2D eigenvalue weighted by molar-refractivity contribution is -0.139. The van der Waals surface area contributed by atoms with Crippen LogP contribution in [-0.4, -0.2) is 34.8 Å². The number of halogens is 2. The van der Waals surface area contributed by atoms with Crippen molar-refractivity contribution in [3.8, 4) is 11.5 Å². The molecule has 0 unspecified atom stereocenters. The van der Waals surface area contributed by atoms with Gasteiger partial charge in [0.2, 0.25) is 0 Å². The maximum atomic E-state index is 13.3. The van der Waals surface area contributed by atoms with Crippen molar-refractivity contribution in [2.24, 2.45) is 0 Å². The van der Waals surface area contributed by atoms with E-state index < -0.39 is 18.4 Å². The minimum absolute atomic E-state index is 0.0273. The second-order valence-corrected chi connectivity index (χ2v) is 5.59. The number of nitrogens with one attached hydrogen (secondary N) is 1. The van der Waals surface area contributed by atoms with Crippen LogP contribution in [0.25, 0.3) is 10.9 Å². The molecule has 0 spiro atoms. The Morgan fingerprint density at radius 3 is 2.61 bits per heavy atom. The molecule has 0 aliphatic heterocycles. The highest BCUT2D eigenvalue weighted by Gasteiger charge is 2.13. The van der Waals surface area contributed by atoms with Gasteiger partial charge in [0.25, 0.3) is 0 Å². The minimum Gasteiger partial charge on any atom is -0.493 e. The Labute approximate surface area is 166 Å². The fourth-order valence-electron chi connectivity index (χ4n) is 2.29. The van der Waals surface area contributed by atoms with Crippen LogP contribution in [0.4, 0.5) is 15.9 Å². The average molecular weight is 408 g/mol. The van der Waals surface area contributed by atoms with E-state index in [1.165, 1.54) is 31.6 Å². The topological polar surface area (TPSA) is 93.6 Å². The molecule has 0 saturated carbocycles. The fraction of sp³-hybridized carbons (Fsp3) is 0.211. The summed E-state index contributed by atoms with van der Waals surface area (Å²) in [5.41, 5.74) is 1.08. The quantitative estimate of drug-likeness (QED) is 0.613. The molecule has 1 heterocycles. The summed E-state index contributed by atoms with van der Waals surface area (Å²) in [6.07, 6.45) is 1.35. The van der Waals surface area contributed by atoms with Crippen molar-refractivity contribution < 1.29 is 23.8 Å². The van der Waals surface area contributed by atoms with Crippen molar-refractivity contribution in [1.29, 1.82) is 0 Å². The zero-order chi connectivity index (χ0) is 20.7. The summed E-state index contributed by atoms with van der Waals surface area (Å²) in [5, 5.41) is 12.4. The molecule has 0 fully saturated rings. The van der Waals surface area contributed by atoms with Crippen molar-refractivity contribution in [2.45, 2.75) is 13.8 Å². The van der Waals surface area contributed by atoms with Gasteiger partial charge in [-0.3, -0.25) is 0 Å². The van der Waals surface area contributed by atoms with E-state index in [-0.39, 0.29) is 10.8 Å². The average Bonchev–Trinajstić information content (AvgIpc) is 2.70. The molecular formula is C19H19ClFN3O4. The molecule has 0 atom stereocenters. The van der Waals surface area contributed by atoms with Gasteiger partial charge in [-0.05, 0) is 24.3 Å². The number of aliphatic carboxylic acids is 1. The molecule has 3 aromatic rings. The first kappa shape index (κ1) is 21.2. The molecular weight excluding hydrogens is 389 g/mol. The summed E-state index contributed by atoms with van der Waals surface area (Å²) in [6.45, 7) is 3.48. The van der Waals surface area contributed by atoms with Gasteiger partial charge in [0, 0.05) is 17.1 Å². The highest BCUT2D eigenvalue weighted by molar-refractivity contribution is 6.31. The van der Waals surface area contributed by atoms with Gasteiger partial charge >= 0.3 is 5.97 Å². The molecule has 0 bridgehead atoms. The zero-order valence-electron chi connectivity index (χ0n) is 15.5. The third kappa shape index (κ3) is 4.98. The second kappa shape index (κ2) is 9.70. The molecule has 0 saturated heterocycles. The summed E-state index contributed by atoms with van der Waals surface area (Å²) >= 11 is 5.79. The highest BCUT2D eigenvalue weighted by Crippen LogP contribution is 2.35. The first-order valence-corrected chi connectivity index (χ1v) is 8.75. The number of benzene rings is 2. The van der Waals surface area contributed by atoms with Crippen molar-refractivity contribution >= 4 is 40.0 Å². The van der Waals surface area contributed by atoms with E-state index in [9.17, 15) is 9.18 Å². The molecule has 148 valence electrons. The van der Waals surface area contributed by atoms with E-state index >= 15 is 0 Å². The molecule has 3 rings (SSSR count). The highest BCUT2D eigenvalue weighted by atomic mass is 35.5. The van der Waals surface area contributed by atoms with Crippen molar-refractivity contribution in [2.75, 3.05) is 19.0 Å². The summed E-state index contributed by atoms with van der Waals surface area (Å²) in [5.74, 6) is -0.652. The summed E-state index contributed by atoms with van der Waals surface area (Å²) in [6, 6.07) is 7.36. The van der Waals surface area contributed by atoms with E-state index in [0.717, 1.165) is 0 Å². The van der Waals surface area contributed by atoms with Crippen LogP contribution in [0.1, 0.15) is 13.8 Å². The number of fused-ring (bicyclic) bond motifs is 1. The standard InChI is InChI=1S/C17H13ClFN3O4.C2H6/c1-25-14-6-13-10(5-15(14)26-7-16(23)24)17(21-8-20-13)22-9-2-3-12(19)11(18)4-9;1-2/h2-6,8H,7H2,1H3,(H,23,24)(H,20,21,22);1-2H3. The third-order valence-electron chi connectivity index (χ3n) is 3.45. The monoisotopic (exact) mass is 407 g/mol. The Balaban J connectivity index is 0.00000136. The van der Waals surface area contributed by atoms with E-state index in [2.05, 4.69) is 15.3 Å². The number of hydrogen-bond acceptors (Lipinski definition) is 6. The van der Waals surface area contributed by atoms with E-state index in [1.807, 2.05) is 13.8 Å². The summed E-state index contributed by atoms with van der Waals surface area (Å²) in [4.78, 5) is 19.1. The number of hydrogen-bond donors (Lipinski definition) is 2. The normalized spacial score (nSPS) is 10.0. The molecule has 2 N–H and O–H groups in total. The number of aromatic nitrogens is 2. The van der Waals surface area contributed by atoms with Gasteiger partial charge in [0.05, 0.1) is 17.6 Å². The van der Waals surface area contributed by atoms with Gasteiger partial charge in [-0.25, -0.2) is 19.2 Å². The van der Waals surface area contributed by atoms with Crippen molar-refractivity contribution in [3.63, 3.8) is 0 Å². The van der Waals surface area contributed by atoms with Crippen LogP contribution < -0.4 is 14.8 Å². The van der Waals surface area contributed by atoms with Crippen LogP contribution in [-0.2, 0) is 4.79 Å². The minimum atomic E-state index is -1.12. The van der Waals surface area contributed by atoms with Gasteiger partial charge in [0.15, 0.2) is 18.1 Å². The summed E-state index contributed by atoms with van der Waals surface area (Å²) < 4.78 is 23.8. The SMILES string of the molecule is CC.COc1cc2ncnc(Nc3ccc(F)c(Cl)c3)c2cc1OCC(=O)O. The Morgan fingerprint density at radius 1 is 1.21 bits per heavy atom. The lowest BCUT2D eigenvalue weighted by Crippen LogP contribution is -2.10. The van der Waals surface area contributed by atoms with Crippen LogP contribution in [0.5, 0.6) is 11.5 Å². The van der Waals surface area contributed by atoms with Crippen LogP contribution >= 0.6 is 11.6 Å². The lowest BCUT2D eigenvalue weighted by Gasteiger charge is -2.13. The number of rotatable bonds is 6. The number of anilines is 2. The molecule has 0 aliphatic rings. The number of methoxy groups -OCH3 is 1. The number of carbonyl (C=O) groups is 1. The maximum absolute atomic E-state index is 13.3. The van der Waals surface area contributed by atoms with Crippen molar-refractivity contribution in [1.82, 2.24) is 9.97 Å². The molecule has 9 heteroatoms. The van der Waals surface area contributed by atoms with E-state index in [4.69, 9.17) is 26.2 Å². The summed E-state index contributed by atoms with van der Waals surface area (Å²) in [7, 11) is 1.44. The molecule has 0 aliphatic carbocycles. The van der Waals surface area contributed by atoms with Gasteiger partial charge in [-0.1, -0.05) is 25.4 Å². The predicted octanol–water partition coefficient (Wildman–Crippen LogP) is 4.66. The third-order valence-corrected chi connectivity index (χ3v) is 3.74. The Bertz CT molecular complexity index is 985. The fourth-order valence-corrected chi connectivity index (χ4v) is 2.47. The molecule has 7 nitrogen and oxygen atoms in total. The number of ether oxygens (including phenoxy) is 2. The molecule has 0 radical (unpaired) electrons. The Hall–Kier alpha value is -3.13. The van der Waals surface area contributed by atoms with Crippen LogP contribution in [0.2, 0.25) is 5.02 Å². The van der Waals surface area contributed by atoms with Gasteiger partial charge < -0.3 is 19.9 Å². The smallest absolute Gasteiger partial charge is 0.341 e. The number of nitrogens with zero attached hydrogens (tertiary/aromatic N) is 2. The predicted molar refractivity (Wildman–Crippen MR) is 105 cm³/mol. The maximum Gasteiger partial charge on any atom is 0.341 e. The van der Waals surface area contributed by atoms with Crippen molar-refractivity contribution in [3.05, 3.63) is 47.5 Å². The Morgan fingerprint density at radius 2 is 1.96 bits per heavy atom. The first-order valence-electron chi connectivity index (χ1n) is 8.37. The van der Waals surface area contributed by atoms with Crippen LogP contribution in [0, 0.1) is 5.82 Å². The molecule has 1 aromatic heterocycles. The van der Waals surface area contributed by atoms with E-state index in [0.29, 0.717) is 28.2 Å². The Kier molecular flexibility index (Phi) is 7.34. The van der Waals surface area contributed by atoms with Gasteiger partial charge in [-0.15, -0.1) is 0 Å². The second-order valence-electron chi connectivity index (χ2n) is 5.18. The van der Waals surface area contributed by atoms with Crippen LogP contribution in [0.3, 0.4) is 0 Å².